The molecule has 1 amide bonds. The van der Waals surface area contributed by atoms with Gasteiger partial charge in [0.2, 0.25) is 17.6 Å². The van der Waals surface area contributed by atoms with Crippen molar-refractivity contribution in [3.8, 4) is 17.1 Å². The monoisotopic (exact) mass is 315 g/mol. The summed E-state index contributed by atoms with van der Waals surface area (Å²) in [5.41, 5.74) is 0.873. The number of benzene rings is 1. The van der Waals surface area contributed by atoms with E-state index in [9.17, 15) is 4.79 Å². The average Bonchev–Trinajstić information content (AvgIpc) is 3.11. The van der Waals surface area contributed by atoms with Crippen LogP contribution in [0.3, 0.4) is 0 Å². The van der Waals surface area contributed by atoms with E-state index >= 15 is 0 Å². The highest BCUT2D eigenvalue weighted by molar-refractivity contribution is 5.75. The molecule has 1 aromatic carbocycles. The molecule has 6 nitrogen and oxygen atoms in total. The van der Waals surface area contributed by atoms with Gasteiger partial charge < -0.3 is 14.2 Å². The molecule has 6 heteroatoms. The molecule has 0 radical (unpaired) electrons. The Kier molecular flexibility index (Phi) is 4.60. The van der Waals surface area contributed by atoms with Gasteiger partial charge in [0.15, 0.2) is 0 Å². The Labute approximate surface area is 135 Å². The molecule has 0 bridgehead atoms. The first-order valence-corrected chi connectivity index (χ1v) is 7.97. The third-order valence-electron chi connectivity index (χ3n) is 4.27. The van der Waals surface area contributed by atoms with Gasteiger partial charge in [-0.25, -0.2) is 0 Å². The summed E-state index contributed by atoms with van der Waals surface area (Å²) in [6.07, 6.45) is 2.29. The molecule has 0 aliphatic carbocycles. The number of hydrogen-bond donors (Lipinski definition) is 0. The van der Waals surface area contributed by atoms with Gasteiger partial charge in [0.1, 0.15) is 5.75 Å². The van der Waals surface area contributed by atoms with Crippen LogP contribution in [0.25, 0.3) is 11.4 Å². The number of likely N-dealkylation sites (tertiary alicyclic amines) is 1. The van der Waals surface area contributed by atoms with E-state index in [2.05, 4.69) is 10.1 Å². The van der Waals surface area contributed by atoms with Gasteiger partial charge in [-0.2, -0.15) is 4.98 Å². The zero-order valence-corrected chi connectivity index (χ0v) is 13.5. The van der Waals surface area contributed by atoms with Crippen molar-refractivity contribution in [2.24, 2.45) is 0 Å². The molecule has 0 N–H and O–H groups in total. The van der Waals surface area contributed by atoms with E-state index in [4.69, 9.17) is 9.26 Å². The minimum Gasteiger partial charge on any atom is -0.497 e. The van der Waals surface area contributed by atoms with Gasteiger partial charge in [-0.15, -0.1) is 0 Å². The lowest BCUT2D eigenvalue weighted by Crippen LogP contribution is -2.37. The van der Waals surface area contributed by atoms with E-state index < -0.39 is 0 Å². The molecule has 2 heterocycles. The van der Waals surface area contributed by atoms with Crippen molar-refractivity contribution in [3.05, 3.63) is 30.2 Å². The summed E-state index contributed by atoms with van der Waals surface area (Å²) < 4.78 is 10.7. The molecule has 0 spiro atoms. The van der Waals surface area contributed by atoms with Crippen molar-refractivity contribution in [3.63, 3.8) is 0 Å². The Bertz CT molecular complexity index is 675. The van der Waals surface area contributed by atoms with Gasteiger partial charge in [-0.3, -0.25) is 4.79 Å². The highest BCUT2D eigenvalue weighted by Crippen LogP contribution is 2.29. The number of hydrogen-bond acceptors (Lipinski definition) is 5. The molecule has 122 valence electrons. The molecule has 1 aliphatic rings. The van der Waals surface area contributed by atoms with Crippen LogP contribution >= 0.6 is 0 Å². The lowest BCUT2D eigenvalue weighted by atomic mass is 9.96. The number of rotatable bonds is 4. The molecule has 2 aromatic rings. The molecular formula is C17H21N3O3. The standard InChI is InChI=1S/C17H21N3O3/c1-3-15(21)20-9-7-12(8-10-20)17-18-16(19-23-17)13-5-4-6-14(11-13)22-2/h4-6,11-12H,3,7-10H2,1-2H3. The second-order valence-corrected chi connectivity index (χ2v) is 5.70. The molecular weight excluding hydrogens is 294 g/mol. The van der Waals surface area contributed by atoms with Crippen LogP contribution < -0.4 is 4.74 Å². The summed E-state index contributed by atoms with van der Waals surface area (Å²) in [6.45, 7) is 3.41. The van der Waals surface area contributed by atoms with Crippen molar-refractivity contribution in [1.82, 2.24) is 15.0 Å². The second kappa shape index (κ2) is 6.81. The molecule has 1 saturated heterocycles. The molecule has 1 aromatic heterocycles. The van der Waals surface area contributed by atoms with Gasteiger partial charge in [0, 0.05) is 31.0 Å². The quantitative estimate of drug-likeness (QED) is 0.868. The number of carbonyl (C=O) groups is 1. The fraction of sp³-hybridized carbons (Fsp3) is 0.471. The summed E-state index contributed by atoms with van der Waals surface area (Å²) in [7, 11) is 1.63. The lowest BCUT2D eigenvalue weighted by molar-refractivity contribution is -0.131. The Morgan fingerprint density at radius 3 is 2.87 bits per heavy atom. The maximum absolute atomic E-state index is 11.7. The van der Waals surface area contributed by atoms with Gasteiger partial charge in [-0.05, 0) is 25.0 Å². The van der Waals surface area contributed by atoms with Crippen LogP contribution in [0.2, 0.25) is 0 Å². The minimum atomic E-state index is 0.214. The molecule has 23 heavy (non-hydrogen) atoms. The number of amides is 1. The van der Waals surface area contributed by atoms with Crippen LogP contribution in [0.4, 0.5) is 0 Å². The van der Waals surface area contributed by atoms with Crippen molar-refractivity contribution in [1.29, 1.82) is 0 Å². The van der Waals surface area contributed by atoms with Gasteiger partial charge in [-0.1, -0.05) is 24.2 Å². The van der Waals surface area contributed by atoms with Crippen LogP contribution in [-0.2, 0) is 4.79 Å². The number of piperidine rings is 1. The zero-order chi connectivity index (χ0) is 16.2. The van der Waals surface area contributed by atoms with E-state index in [1.54, 1.807) is 7.11 Å². The highest BCUT2D eigenvalue weighted by atomic mass is 16.5. The molecule has 0 atom stereocenters. The molecule has 0 saturated carbocycles. The first-order valence-electron chi connectivity index (χ1n) is 7.97. The van der Waals surface area contributed by atoms with E-state index in [-0.39, 0.29) is 11.8 Å². The molecule has 1 aliphatic heterocycles. The maximum Gasteiger partial charge on any atom is 0.230 e. The number of aromatic nitrogens is 2. The van der Waals surface area contributed by atoms with Gasteiger partial charge in [0.25, 0.3) is 0 Å². The highest BCUT2D eigenvalue weighted by Gasteiger charge is 2.27. The molecule has 1 fully saturated rings. The van der Waals surface area contributed by atoms with Crippen molar-refractivity contribution < 1.29 is 14.1 Å². The van der Waals surface area contributed by atoms with Gasteiger partial charge in [0.05, 0.1) is 7.11 Å². The Hall–Kier alpha value is -2.37. The Balaban J connectivity index is 1.69. The summed E-state index contributed by atoms with van der Waals surface area (Å²) in [4.78, 5) is 18.2. The Morgan fingerprint density at radius 2 is 2.17 bits per heavy atom. The SMILES string of the molecule is CCC(=O)N1CCC(c2nc(-c3cccc(OC)c3)no2)CC1. The number of carbonyl (C=O) groups excluding carboxylic acids is 1. The Morgan fingerprint density at radius 1 is 1.39 bits per heavy atom. The molecule has 3 rings (SSSR count). The van der Waals surface area contributed by atoms with Crippen LogP contribution in [0.1, 0.15) is 38.0 Å². The predicted octanol–water partition coefficient (Wildman–Crippen LogP) is 2.86. The largest absolute Gasteiger partial charge is 0.497 e. The number of nitrogens with zero attached hydrogens (tertiary/aromatic N) is 3. The van der Waals surface area contributed by atoms with Crippen molar-refractivity contribution in [2.45, 2.75) is 32.1 Å². The maximum atomic E-state index is 11.7. The fourth-order valence-corrected chi connectivity index (χ4v) is 2.88. The average molecular weight is 315 g/mol. The third-order valence-corrected chi connectivity index (χ3v) is 4.27. The second-order valence-electron chi connectivity index (χ2n) is 5.70. The lowest BCUT2D eigenvalue weighted by Gasteiger charge is -2.30. The first kappa shape index (κ1) is 15.5. The summed E-state index contributed by atoms with van der Waals surface area (Å²) in [5, 5.41) is 4.09. The summed E-state index contributed by atoms with van der Waals surface area (Å²) in [6, 6.07) is 7.60. The van der Waals surface area contributed by atoms with E-state index in [0.29, 0.717) is 18.1 Å². The van der Waals surface area contributed by atoms with Crippen LogP contribution in [0.5, 0.6) is 5.75 Å². The van der Waals surface area contributed by atoms with Crippen LogP contribution in [0, 0.1) is 0 Å². The third kappa shape index (κ3) is 3.36. The minimum absolute atomic E-state index is 0.214. The number of methoxy groups -OCH3 is 1. The van der Waals surface area contributed by atoms with E-state index in [0.717, 1.165) is 37.2 Å². The fourth-order valence-electron chi connectivity index (χ4n) is 2.88. The van der Waals surface area contributed by atoms with Crippen molar-refractivity contribution in [2.75, 3.05) is 20.2 Å². The number of ether oxygens (including phenoxy) is 1. The topological polar surface area (TPSA) is 68.5 Å². The predicted molar refractivity (Wildman–Crippen MR) is 85.1 cm³/mol. The summed E-state index contributed by atoms with van der Waals surface area (Å²) >= 11 is 0. The smallest absolute Gasteiger partial charge is 0.230 e. The normalized spacial score (nSPS) is 15.7. The van der Waals surface area contributed by atoms with Crippen molar-refractivity contribution >= 4 is 5.91 Å². The van der Waals surface area contributed by atoms with E-state index in [1.165, 1.54) is 0 Å². The van der Waals surface area contributed by atoms with Gasteiger partial charge >= 0.3 is 0 Å². The first-order chi connectivity index (χ1) is 11.2. The summed E-state index contributed by atoms with van der Waals surface area (Å²) in [5.74, 6) is 2.44. The zero-order valence-electron chi connectivity index (χ0n) is 13.5. The van der Waals surface area contributed by atoms with E-state index in [1.807, 2.05) is 36.1 Å². The van der Waals surface area contributed by atoms with Crippen LogP contribution in [-0.4, -0.2) is 41.1 Å². The molecule has 0 unspecified atom stereocenters. The van der Waals surface area contributed by atoms with Crippen LogP contribution in [0.15, 0.2) is 28.8 Å².